The molecular formula is C18H16FNO3. The first-order valence-corrected chi connectivity index (χ1v) is 7.40. The van der Waals surface area contributed by atoms with E-state index in [-0.39, 0.29) is 31.2 Å². The third-order valence-corrected chi connectivity index (χ3v) is 3.83. The Bertz CT molecular complexity index is 717. The second kappa shape index (κ2) is 6.60. The van der Waals surface area contributed by atoms with Gasteiger partial charge in [0.15, 0.2) is 0 Å². The van der Waals surface area contributed by atoms with E-state index in [4.69, 9.17) is 4.74 Å². The second-order valence-corrected chi connectivity index (χ2v) is 5.45. The summed E-state index contributed by atoms with van der Waals surface area (Å²) in [6.07, 6.45) is 0.0436. The molecule has 1 amide bonds. The number of carbonyl (C=O) groups excluding carboxylic acids is 2. The molecule has 0 bridgehead atoms. The van der Waals surface area contributed by atoms with Crippen LogP contribution < -0.4 is 4.90 Å². The summed E-state index contributed by atoms with van der Waals surface area (Å²) in [6, 6.07) is 15.4. The zero-order valence-electron chi connectivity index (χ0n) is 12.4. The van der Waals surface area contributed by atoms with Crippen LogP contribution in [0.3, 0.4) is 0 Å². The van der Waals surface area contributed by atoms with Gasteiger partial charge in [0.2, 0.25) is 5.91 Å². The lowest BCUT2D eigenvalue weighted by Gasteiger charge is -2.17. The number of para-hydroxylation sites is 1. The van der Waals surface area contributed by atoms with Crippen LogP contribution in [0.2, 0.25) is 0 Å². The van der Waals surface area contributed by atoms with Gasteiger partial charge in [0, 0.05) is 13.0 Å². The Balaban J connectivity index is 1.63. The Morgan fingerprint density at radius 1 is 1.13 bits per heavy atom. The molecule has 23 heavy (non-hydrogen) atoms. The minimum atomic E-state index is -0.564. The molecule has 2 aromatic rings. The van der Waals surface area contributed by atoms with Crippen LogP contribution in [0.25, 0.3) is 0 Å². The van der Waals surface area contributed by atoms with Crippen molar-refractivity contribution in [2.45, 2.75) is 13.0 Å². The van der Waals surface area contributed by atoms with Crippen molar-refractivity contribution in [2.75, 3.05) is 11.4 Å². The zero-order valence-corrected chi connectivity index (χ0v) is 12.4. The van der Waals surface area contributed by atoms with E-state index >= 15 is 0 Å². The number of benzene rings is 2. The van der Waals surface area contributed by atoms with E-state index in [1.807, 2.05) is 30.3 Å². The molecule has 1 heterocycles. The summed E-state index contributed by atoms with van der Waals surface area (Å²) in [5.41, 5.74) is 1.09. The first-order valence-electron chi connectivity index (χ1n) is 7.40. The lowest BCUT2D eigenvalue weighted by atomic mass is 10.1. The molecule has 4 nitrogen and oxygen atoms in total. The summed E-state index contributed by atoms with van der Waals surface area (Å²) < 4.78 is 19.1. The van der Waals surface area contributed by atoms with Crippen molar-refractivity contribution in [3.63, 3.8) is 0 Å². The molecule has 0 aromatic heterocycles. The van der Waals surface area contributed by atoms with Gasteiger partial charge >= 0.3 is 5.97 Å². The van der Waals surface area contributed by atoms with E-state index in [9.17, 15) is 14.0 Å². The van der Waals surface area contributed by atoms with Crippen LogP contribution in [0.1, 0.15) is 12.0 Å². The molecule has 0 spiro atoms. The van der Waals surface area contributed by atoms with Gasteiger partial charge in [-0.3, -0.25) is 9.59 Å². The van der Waals surface area contributed by atoms with E-state index in [0.717, 1.165) is 5.56 Å². The number of halogens is 1. The fourth-order valence-electron chi connectivity index (χ4n) is 2.62. The van der Waals surface area contributed by atoms with Crippen molar-refractivity contribution in [1.29, 1.82) is 0 Å². The summed E-state index contributed by atoms with van der Waals surface area (Å²) in [4.78, 5) is 25.5. The second-order valence-electron chi connectivity index (χ2n) is 5.45. The van der Waals surface area contributed by atoms with Crippen LogP contribution in [0.15, 0.2) is 54.6 Å². The van der Waals surface area contributed by atoms with Crippen molar-refractivity contribution in [2.24, 2.45) is 5.92 Å². The first-order chi connectivity index (χ1) is 11.1. The van der Waals surface area contributed by atoms with E-state index in [0.29, 0.717) is 0 Å². The maximum absolute atomic E-state index is 13.8. The van der Waals surface area contributed by atoms with Gasteiger partial charge in [0.05, 0.1) is 11.6 Å². The van der Waals surface area contributed by atoms with Crippen LogP contribution in [0.4, 0.5) is 10.1 Å². The number of rotatable bonds is 4. The SMILES string of the molecule is O=C(OCc1ccccc1)[C@H]1CC(=O)N(c2ccccc2F)C1. The maximum Gasteiger partial charge on any atom is 0.311 e. The predicted molar refractivity (Wildman–Crippen MR) is 83.1 cm³/mol. The predicted octanol–water partition coefficient (Wildman–Crippen LogP) is 2.92. The van der Waals surface area contributed by atoms with E-state index in [1.54, 1.807) is 12.1 Å². The highest BCUT2D eigenvalue weighted by Crippen LogP contribution is 2.28. The van der Waals surface area contributed by atoms with Gasteiger partial charge in [-0.2, -0.15) is 0 Å². The van der Waals surface area contributed by atoms with Crippen LogP contribution in [0.5, 0.6) is 0 Å². The third-order valence-electron chi connectivity index (χ3n) is 3.83. The molecule has 5 heteroatoms. The summed E-state index contributed by atoms with van der Waals surface area (Å²) in [5.74, 6) is -1.73. The zero-order chi connectivity index (χ0) is 16.2. The maximum atomic E-state index is 13.8. The Morgan fingerprint density at radius 2 is 1.83 bits per heavy atom. The highest BCUT2D eigenvalue weighted by atomic mass is 19.1. The quantitative estimate of drug-likeness (QED) is 0.815. The summed E-state index contributed by atoms with van der Waals surface area (Å²) in [5, 5.41) is 0. The molecule has 118 valence electrons. The monoisotopic (exact) mass is 313 g/mol. The molecule has 1 atom stereocenters. The first kappa shape index (κ1) is 15.2. The molecule has 0 N–H and O–H groups in total. The molecule has 1 fully saturated rings. The van der Waals surface area contributed by atoms with E-state index in [2.05, 4.69) is 0 Å². The summed E-state index contributed by atoms with van der Waals surface area (Å²) in [6.45, 7) is 0.317. The molecular weight excluding hydrogens is 297 g/mol. The highest BCUT2D eigenvalue weighted by Gasteiger charge is 2.37. The third kappa shape index (κ3) is 3.39. The van der Waals surface area contributed by atoms with E-state index < -0.39 is 17.7 Å². The normalized spacial score (nSPS) is 17.3. The van der Waals surface area contributed by atoms with Gasteiger partial charge in [0.1, 0.15) is 12.4 Å². The number of carbonyl (C=O) groups is 2. The molecule has 1 saturated heterocycles. The topological polar surface area (TPSA) is 46.6 Å². The molecule has 0 saturated carbocycles. The van der Waals surface area contributed by atoms with E-state index in [1.165, 1.54) is 17.0 Å². The van der Waals surface area contributed by atoms with Crippen molar-refractivity contribution in [3.05, 3.63) is 66.0 Å². The molecule has 1 aliphatic rings. The number of anilines is 1. The minimum absolute atomic E-state index is 0.0436. The van der Waals surface area contributed by atoms with Crippen LogP contribution in [-0.4, -0.2) is 18.4 Å². The van der Waals surface area contributed by atoms with Crippen molar-refractivity contribution >= 4 is 17.6 Å². The number of ether oxygens (including phenoxy) is 1. The Morgan fingerprint density at radius 3 is 2.57 bits per heavy atom. The number of amides is 1. The van der Waals surface area contributed by atoms with Crippen LogP contribution in [0, 0.1) is 11.7 Å². The molecule has 2 aromatic carbocycles. The van der Waals surface area contributed by atoms with Gasteiger partial charge in [-0.15, -0.1) is 0 Å². The molecule has 0 aliphatic carbocycles. The molecule has 0 unspecified atom stereocenters. The smallest absolute Gasteiger partial charge is 0.311 e. The lowest BCUT2D eigenvalue weighted by molar-refractivity contribution is -0.149. The number of hydrogen-bond acceptors (Lipinski definition) is 3. The molecule has 1 aliphatic heterocycles. The minimum Gasteiger partial charge on any atom is -0.461 e. The Labute approximate surface area is 133 Å². The largest absolute Gasteiger partial charge is 0.461 e. The van der Waals surface area contributed by atoms with Crippen LogP contribution in [-0.2, 0) is 20.9 Å². The summed E-state index contributed by atoms with van der Waals surface area (Å²) >= 11 is 0. The standard InChI is InChI=1S/C18H16FNO3/c19-15-8-4-5-9-16(15)20-11-14(10-17(20)21)18(22)23-12-13-6-2-1-3-7-13/h1-9,14H,10-12H2/t14-/m0/s1. The molecule has 3 rings (SSSR count). The van der Waals surface area contributed by atoms with Gasteiger partial charge in [-0.25, -0.2) is 4.39 Å². The lowest BCUT2D eigenvalue weighted by Crippen LogP contribution is -2.27. The van der Waals surface area contributed by atoms with Gasteiger partial charge in [-0.1, -0.05) is 42.5 Å². The molecule has 0 radical (unpaired) electrons. The van der Waals surface area contributed by atoms with Gasteiger partial charge in [-0.05, 0) is 17.7 Å². The fourth-order valence-corrected chi connectivity index (χ4v) is 2.62. The Hall–Kier alpha value is -2.69. The average molecular weight is 313 g/mol. The van der Waals surface area contributed by atoms with Crippen molar-refractivity contribution in [3.8, 4) is 0 Å². The number of hydrogen-bond donors (Lipinski definition) is 0. The Kier molecular flexibility index (Phi) is 4.37. The van der Waals surface area contributed by atoms with Gasteiger partial charge < -0.3 is 9.64 Å². The number of esters is 1. The summed E-state index contributed by atoms with van der Waals surface area (Å²) in [7, 11) is 0. The van der Waals surface area contributed by atoms with Crippen molar-refractivity contribution < 1.29 is 18.7 Å². The average Bonchev–Trinajstić information content (AvgIpc) is 2.96. The number of nitrogens with zero attached hydrogens (tertiary/aromatic N) is 1. The fraction of sp³-hybridized carbons (Fsp3) is 0.222. The van der Waals surface area contributed by atoms with Crippen LogP contribution >= 0.6 is 0 Å². The van der Waals surface area contributed by atoms with Crippen molar-refractivity contribution in [1.82, 2.24) is 0 Å². The van der Waals surface area contributed by atoms with Gasteiger partial charge in [0.25, 0.3) is 0 Å². The highest BCUT2D eigenvalue weighted by molar-refractivity contribution is 5.99.